The van der Waals surface area contributed by atoms with Crippen LogP contribution in [0.15, 0.2) is 56.6 Å². The van der Waals surface area contributed by atoms with Crippen molar-refractivity contribution in [1.82, 2.24) is 4.72 Å². The van der Waals surface area contributed by atoms with E-state index in [0.29, 0.717) is 17.6 Å². The molecule has 0 saturated carbocycles. The van der Waals surface area contributed by atoms with Gasteiger partial charge in [-0.3, -0.25) is 0 Å². The number of fused-ring (bicyclic) bond motifs is 1. The maximum Gasteiger partial charge on any atom is 0.336 e. The minimum atomic E-state index is -3.94. The number of nitrogens with one attached hydrogen (secondary N) is 1. The van der Waals surface area contributed by atoms with E-state index in [0.717, 1.165) is 29.4 Å². The van der Waals surface area contributed by atoms with Gasteiger partial charge >= 0.3 is 11.6 Å². The van der Waals surface area contributed by atoms with Gasteiger partial charge in [0.05, 0.1) is 4.90 Å². The Balaban J connectivity index is 1.93. The third kappa shape index (κ3) is 5.56. The molecule has 3 aromatic rings. The van der Waals surface area contributed by atoms with Gasteiger partial charge in [0.2, 0.25) is 10.0 Å². The highest BCUT2D eigenvalue weighted by molar-refractivity contribution is 7.89. The largest absolute Gasteiger partial charge is 0.425 e. The first-order chi connectivity index (χ1) is 16.1. The zero-order valence-corrected chi connectivity index (χ0v) is 21.0. The fraction of sp³-hybridized carbons (Fsp3) is 0.385. The van der Waals surface area contributed by atoms with Gasteiger partial charge in [-0.25, -0.2) is 18.0 Å². The topological polar surface area (TPSA) is 103 Å². The normalized spacial score (nSPS) is 13.6. The number of hydrogen-bond donors (Lipinski definition) is 1. The van der Waals surface area contributed by atoms with Gasteiger partial charge in [0.1, 0.15) is 17.4 Å². The van der Waals surface area contributed by atoms with Crippen molar-refractivity contribution in [1.29, 1.82) is 0 Å². The van der Waals surface area contributed by atoms with Crippen LogP contribution >= 0.6 is 0 Å². The Morgan fingerprint density at radius 1 is 1.09 bits per heavy atom. The predicted molar refractivity (Wildman–Crippen MR) is 132 cm³/mol. The predicted octanol–water partition coefficient (Wildman–Crippen LogP) is 4.66. The lowest BCUT2D eigenvalue weighted by atomic mass is 10.00. The minimum absolute atomic E-state index is 0.0753. The number of sulfonamides is 1. The molecular formula is C26H31NO6S. The van der Waals surface area contributed by atoms with Gasteiger partial charge in [0.25, 0.3) is 0 Å². The maximum absolute atomic E-state index is 13.2. The highest BCUT2D eigenvalue weighted by atomic mass is 32.2. The summed E-state index contributed by atoms with van der Waals surface area (Å²) in [5.41, 5.74) is 2.20. The molecule has 0 aliphatic rings. The lowest BCUT2D eigenvalue weighted by Crippen LogP contribution is -2.47. The van der Waals surface area contributed by atoms with Crippen LogP contribution < -0.4 is 15.1 Å². The second-order valence-corrected chi connectivity index (χ2v) is 10.3. The van der Waals surface area contributed by atoms with E-state index in [1.54, 1.807) is 38.1 Å². The van der Waals surface area contributed by atoms with E-state index in [4.69, 9.17) is 9.15 Å². The van der Waals surface area contributed by atoms with Crippen molar-refractivity contribution < 1.29 is 22.4 Å². The molecule has 0 spiro atoms. The van der Waals surface area contributed by atoms with Crippen LogP contribution in [0.4, 0.5) is 0 Å². The Morgan fingerprint density at radius 3 is 2.38 bits per heavy atom. The van der Waals surface area contributed by atoms with Crippen LogP contribution in [0.1, 0.15) is 50.3 Å². The average molecular weight is 486 g/mol. The van der Waals surface area contributed by atoms with Crippen molar-refractivity contribution in [3.8, 4) is 5.75 Å². The Bertz CT molecular complexity index is 1340. The van der Waals surface area contributed by atoms with Gasteiger partial charge in [-0.2, -0.15) is 4.72 Å². The molecule has 2 aromatic carbocycles. The summed E-state index contributed by atoms with van der Waals surface area (Å²) in [6.45, 7) is 9.25. The van der Waals surface area contributed by atoms with Gasteiger partial charge in [0, 0.05) is 17.0 Å². The second-order valence-electron chi connectivity index (χ2n) is 8.62. The maximum atomic E-state index is 13.2. The van der Waals surface area contributed by atoms with Crippen LogP contribution in [0, 0.1) is 19.8 Å². The standard InChI is InChI=1S/C26H31NO6S/c1-6-8-19-15-23(28)33-25-18(5)22(14-13-21(19)25)32-26(29)24(17(4)7-2)27-34(30,31)20-11-9-16(3)10-12-20/h9-15,17,24,27H,6-8H2,1-5H3/t17-,24-/m0/s1. The second kappa shape index (κ2) is 10.5. The Morgan fingerprint density at radius 2 is 1.76 bits per heavy atom. The van der Waals surface area contributed by atoms with Crippen molar-refractivity contribution in [2.75, 3.05) is 0 Å². The molecule has 1 N–H and O–H groups in total. The molecule has 3 rings (SSSR count). The zero-order chi connectivity index (χ0) is 25.0. The fourth-order valence-corrected chi connectivity index (χ4v) is 5.04. The first-order valence-corrected chi connectivity index (χ1v) is 12.9. The summed E-state index contributed by atoms with van der Waals surface area (Å²) < 4.78 is 39.5. The number of aryl methyl sites for hydroxylation is 3. The van der Waals surface area contributed by atoms with Crippen molar-refractivity contribution in [3.05, 3.63) is 69.6 Å². The Labute approximate surface area is 200 Å². The summed E-state index contributed by atoms with van der Waals surface area (Å²) in [5.74, 6) is -0.820. The lowest BCUT2D eigenvalue weighted by molar-refractivity contribution is -0.137. The third-order valence-electron chi connectivity index (χ3n) is 6.01. The molecule has 0 saturated heterocycles. The SMILES string of the molecule is CCCc1cc(=O)oc2c(C)c(OC(=O)[C@@H](NS(=O)(=O)c3ccc(C)cc3)[C@@H](C)CC)ccc12. The van der Waals surface area contributed by atoms with Crippen molar-refractivity contribution in [2.24, 2.45) is 5.92 Å². The van der Waals surface area contributed by atoms with Crippen LogP contribution in [-0.2, 0) is 21.2 Å². The van der Waals surface area contributed by atoms with Crippen LogP contribution in [-0.4, -0.2) is 20.4 Å². The summed E-state index contributed by atoms with van der Waals surface area (Å²) in [6.07, 6.45) is 2.14. The van der Waals surface area contributed by atoms with E-state index in [2.05, 4.69) is 4.72 Å². The monoisotopic (exact) mass is 485 g/mol. The molecule has 8 heteroatoms. The molecule has 34 heavy (non-hydrogen) atoms. The summed E-state index contributed by atoms with van der Waals surface area (Å²) in [4.78, 5) is 25.3. The van der Waals surface area contributed by atoms with Crippen LogP contribution in [0.5, 0.6) is 5.75 Å². The molecule has 0 fully saturated rings. The Hall–Kier alpha value is -2.97. The number of benzene rings is 2. The molecule has 0 amide bonds. The molecule has 0 unspecified atom stereocenters. The van der Waals surface area contributed by atoms with Gasteiger partial charge in [-0.15, -0.1) is 0 Å². The molecule has 0 radical (unpaired) electrons. The summed E-state index contributed by atoms with van der Waals surface area (Å²) >= 11 is 0. The highest BCUT2D eigenvalue weighted by Crippen LogP contribution is 2.29. The number of carbonyl (C=O) groups is 1. The number of hydrogen-bond acceptors (Lipinski definition) is 6. The first kappa shape index (κ1) is 25.6. The van der Waals surface area contributed by atoms with E-state index in [1.807, 2.05) is 20.8 Å². The highest BCUT2D eigenvalue weighted by Gasteiger charge is 2.32. The van der Waals surface area contributed by atoms with E-state index < -0.39 is 27.7 Å². The summed E-state index contributed by atoms with van der Waals surface area (Å²) in [5, 5.41) is 0.789. The lowest BCUT2D eigenvalue weighted by Gasteiger charge is -2.23. The van der Waals surface area contributed by atoms with Crippen LogP contribution in [0.2, 0.25) is 0 Å². The van der Waals surface area contributed by atoms with Crippen molar-refractivity contribution in [2.45, 2.75) is 64.8 Å². The van der Waals surface area contributed by atoms with E-state index in [1.165, 1.54) is 18.2 Å². The first-order valence-electron chi connectivity index (χ1n) is 11.4. The molecule has 0 aliphatic carbocycles. The summed E-state index contributed by atoms with van der Waals surface area (Å²) in [7, 11) is -3.94. The molecule has 1 aromatic heterocycles. The molecule has 182 valence electrons. The number of ether oxygens (including phenoxy) is 1. The molecular weight excluding hydrogens is 454 g/mol. The molecule has 2 atom stereocenters. The van der Waals surface area contributed by atoms with Gasteiger partial charge in [-0.1, -0.05) is 51.3 Å². The van der Waals surface area contributed by atoms with E-state index in [9.17, 15) is 18.0 Å². The number of esters is 1. The quantitative estimate of drug-likeness (QED) is 0.269. The minimum Gasteiger partial charge on any atom is -0.425 e. The van der Waals surface area contributed by atoms with Gasteiger partial charge in [0.15, 0.2) is 0 Å². The van der Waals surface area contributed by atoms with Crippen molar-refractivity contribution >= 4 is 27.0 Å². The zero-order valence-electron chi connectivity index (χ0n) is 20.2. The van der Waals surface area contributed by atoms with Gasteiger partial charge in [-0.05, 0) is 56.0 Å². The number of rotatable bonds is 9. The Kier molecular flexibility index (Phi) is 7.94. The van der Waals surface area contributed by atoms with Crippen molar-refractivity contribution in [3.63, 3.8) is 0 Å². The molecule has 0 bridgehead atoms. The van der Waals surface area contributed by atoms with E-state index in [-0.39, 0.29) is 16.6 Å². The number of carbonyl (C=O) groups excluding carboxylic acids is 1. The third-order valence-corrected chi connectivity index (χ3v) is 7.46. The van der Waals surface area contributed by atoms with E-state index >= 15 is 0 Å². The van der Waals surface area contributed by atoms with Crippen LogP contribution in [0.25, 0.3) is 11.0 Å². The van der Waals surface area contributed by atoms with Crippen LogP contribution in [0.3, 0.4) is 0 Å². The smallest absolute Gasteiger partial charge is 0.336 e. The molecule has 0 aliphatic heterocycles. The molecule has 1 heterocycles. The fourth-order valence-electron chi connectivity index (χ4n) is 3.75. The molecule has 7 nitrogen and oxygen atoms in total. The van der Waals surface area contributed by atoms with Gasteiger partial charge < -0.3 is 9.15 Å². The average Bonchev–Trinajstić information content (AvgIpc) is 2.79. The summed E-state index contributed by atoms with van der Waals surface area (Å²) in [6, 6.07) is 10.2.